The molecule has 0 bridgehead atoms. The van der Waals surface area contributed by atoms with Gasteiger partial charge in [0.05, 0.1) is 18.1 Å². The molecule has 2 rings (SSSR count). The molecule has 0 aliphatic carbocycles. The van der Waals surface area contributed by atoms with Crippen LogP contribution in [0.5, 0.6) is 0 Å². The van der Waals surface area contributed by atoms with Crippen molar-refractivity contribution < 1.29 is 13.2 Å². The predicted octanol–water partition coefficient (Wildman–Crippen LogP) is 1.39. The molecule has 5 nitrogen and oxygen atoms in total. The fourth-order valence-corrected chi connectivity index (χ4v) is 4.59. The molecule has 1 aliphatic rings. The highest BCUT2D eigenvalue weighted by molar-refractivity contribution is 7.91. The monoisotopic (exact) mass is 324 g/mol. The van der Waals surface area contributed by atoms with E-state index in [0.29, 0.717) is 6.42 Å². The molecule has 1 aromatic rings. The van der Waals surface area contributed by atoms with Gasteiger partial charge in [-0.25, -0.2) is 8.42 Å². The molecule has 6 heteroatoms. The van der Waals surface area contributed by atoms with Crippen LogP contribution in [0, 0.1) is 13.8 Å². The van der Waals surface area contributed by atoms with Crippen molar-refractivity contribution >= 4 is 21.4 Å². The zero-order valence-electron chi connectivity index (χ0n) is 13.7. The van der Waals surface area contributed by atoms with Crippen molar-refractivity contribution in [2.75, 3.05) is 37.0 Å². The summed E-state index contributed by atoms with van der Waals surface area (Å²) >= 11 is 0. The van der Waals surface area contributed by atoms with Crippen LogP contribution in [0.4, 0.5) is 5.69 Å². The van der Waals surface area contributed by atoms with Crippen molar-refractivity contribution in [3.8, 4) is 0 Å². The highest BCUT2D eigenvalue weighted by Crippen LogP contribution is 2.21. The van der Waals surface area contributed by atoms with Gasteiger partial charge in [-0.05, 0) is 37.5 Å². The second kappa shape index (κ2) is 6.28. The van der Waals surface area contributed by atoms with Crippen molar-refractivity contribution in [3.05, 3.63) is 29.3 Å². The van der Waals surface area contributed by atoms with Crippen LogP contribution in [0.25, 0.3) is 0 Å². The standard InChI is InChI=1S/C16H24N2O3S/c1-12-5-6-13(2)15(9-12)17(3)10-16(19)18(4)14-7-8-22(20,21)11-14/h5-6,9,14H,7-8,10-11H2,1-4H3/t14-/m1/s1. The lowest BCUT2D eigenvalue weighted by Crippen LogP contribution is -2.43. The van der Waals surface area contributed by atoms with E-state index in [1.165, 1.54) is 0 Å². The summed E-state index contributed by atoms with van der Waals surface area (Å²) < 4.78 is 23.1. The number of hydrogen-bond acceptors (Lipinski definition) is 4. The van der Waals surface area contributed by atoms with E-state index in [9.17, 15) is 13.2 Å². The fourth-order valence-electron chi connectivity index (χ4n) is 2.81. The summed E-state index contributed by atoms with van der Waals surface area (Å²) in [5, 5.41) is 0. The van der Waals surface area contributed by atoms with Crippen LogP contribution in [0.3, 0.4) is 0 Å². The van der Waals surface area contributed by atoms with E-state index in [4.69, 9.17) is 0 Å². The Morgan fingerprint density at radius 1 is 1.27 bits per heavy atom. The van der Waals surface area contributed by atoms with Gasteiger partial charge in [-0.15, -0.1) is 0 Å². The minimum Gasteiger partial charge on any atom is -0.365 e. The third-order valence-electron chi connectivity index (χ3n) is 4.30. The highest BCUT2D eigenvalue weighted by Gasteiger charge is 2.32. The molecule has 1 aliphatic heterocycles. The number of carbonyl (C=O) groups is 1. The molecule has 0 unspecified atom stereocenters. The number of rotatable bonds is 4. The molecule has 122 valence electrons. The summed E-state index contributed by atoms with van der Waals surface area (Å²) in [4.78, 5) is 15.9. The number of benzene rings is 1. The lowest BCUT2D eigenvalue weighted by Gasteiger charge is -2.28. The molecule has 1 amide bonds. The van der Waals surface area contributed by atoms with Crippen molar-refractivity contribution in [2.45, 2.75) is 26.3 Å². The highest BCUT2D eigenvalue weighted by atomic mass is 32.2. The van der Waals surface area contributed by atoms with E-state index in [-0.39, 0.29) is 30.0 Å². The van der Waals surface area contributed by atoms with Gasteiger partial charge in [-0.3, -0.25) is 4.79 Å². The Balaban J connectivity index is 2.03. The number of amides is 1. The number of likely N-dealkylation sites (N-methyl/N-ethyl adjacent to an activating group) is 2. The Morgan fingerprint density at radius 3 is 2.55 bits per heavy atom. The molecule has 1 atom stereocenters. The topological polar surface area (TPSA) is 57.7 Å². The fraction of sp³-hybridized carbons (Fsp3) is 0.562. The normalized spacial score (nSPS) is 19.9. The molecule has 0 spiro atoms. The van der Waals surface area contributed by atoms with Crippen LogP contribution in [-0.2, 0) is 14.6 Å². The Morgan fingerprint density at radius 2 is 1.95 bits per heavy atom. The molecule has 1 aromatic carbocycles. The quantitative estimate of drug-likeness (QED) is 0.840. The maximum absolute atomic E-state index is 12.4. The van der Waals surface area contributed by atoms with Gasteiger partial charge >= 0.3 is 0 Å². The minimum atomic E-state index is -2.97. The molecule has 0 N–H and O–H groups in total. The summed E-state index contributed by atoms with van der Waals surface area (Å²) in [6.45, 7) is 4.29. The molecule has 1 fully saturated rings. The second-order valence-electron chi connectivity index (χ2n) is 6.21. The average Bonchev–Trinajstić information content (AvgIpc) is 2.80. The summed E-state index contributed by atoms with van der Waals surface area (Å²) in [6, 6.07) is 5.95. The third-order valence-corrected chi connectivity index (χ3v) is 6.05. The third kappa shape index (κ3) is 3.80. The van der Waals surface area contributed by atoms with Crippen molar-refractivity contribution in [3.63, 3.8) is 0 Å². The van der Waals surface area contributed by atoms with E-state index in [0.717, 1.165) is 16.8 Å². The average molecular weight is 324 g/mol. The van der Waals surface area contributed by atoms with E-state index >= 15 is 0 Å². The van der Waals surface area contributed by atoms with Crippen LogP contribution in [-0.4, -0.2) is 57.4 Å². The van der Waals surface area contributed by atoms with Crippen molar-refractivity contribution in [1.82, 2.24) is 4.90 Å². The number of carbonyl (C=O) groups excluding carboxylic acids is 1. The van der Waals surface area contributed by atoms with Gasteiger partial charge in [-0.1, -0.05) is 12.1 Å². The second-order valence-corrected chi connectivity index (χ2v) is 8.44. The Labute approximate surface area is 132 Å². The van der Waals surface area contributed by atoms with Gasteiger partial charge in [0.25, 0.3) is 0 Å². The van der Waals surface area contributed by atoms with E-state index in [1.54, 1.807) is 11.9 Å². The number of aryl methyl sites for hydroxylation is 2. The Kier molecular flexibility index (Phi) is 4.80. The maximum Gasteiger partial charge on any atom is 0.242 e. The maximum atomic E-state index is 12.4. The molecule has 0 radical (unpaired) electrons. The lowest BCUT2D eigenvalue weighted by molar-refractivity contribution is -0.130. The number of hydrogen-bond donors (Lipinski definition) is 0. The first-order valence-corrected chi connectivity index (χ1v) is 9.26. The molecule has 1 saturated heterocycles. The molecular formula is C16H24N2O3S. The molecule has 0 saturated carbocycles. The van der Waals surface area contributed by atoms with Crippen LogP contribution in [0.2, 0.25) is 0 Å². The van der Waals surface area contributed by atoms with Crippen LogP contribution >= 0.6 is 0 Å². The summed E-state index contributed by atoms with van der Waals surface area (Å²) in [5.41, 5.74) is 3.29. The Hall–Kier alpha value is -1.56. The van der Waals surface area contributed by atoms with E-state index in [1.807, 2.05) is 37.9 Å². The summed E-state index contributed by atoms with van der Waals surface area (Å²) in [7, 11) is 0.613. The zero-order chi connectivity index (χ0) is 16.5. The molecule has 22 heavy (non-hydrogen) atoms. The van der Waals surface area contributed by atoms with Crippen molar-refractivity contribution in [1.29, 1.82) is 0 Å². The largest absolute Gasteiger partial charge is 0.365 e. The molecular weight excluding hydrogens is 300 g/mol. The first kappa shape index (κ1) is 16.8. The van der Waals surface area contributed by atoms with Crippen LogP contribution in [0.1, 0.15) is 17.5 Å². The first-order valence-electron chi connectivity index (χ1n) is 7.44. The smallest absolute Gasteiger partial charge is 0.242 e. The number of nitrogens with zero attached hydrogens (tertiary/aromatic N) is 2. The molecule has 0 aromatic heterocycles. The van der Waals surface area contributed by atoms with Gasteiger partial charge in [0.1, 0.15) is 0 Å². The summed E-state index contributed by atoms with van der Waals surface area (Å²) in [6.07, 6.45) is 0.539. The lowest BCUT2D eigenvalue weighted by atomic mass is 10.1. The van der Waals surface area contributed by atoms with E-state index < -0.39 is 9.84 Å². The zero-order valence-corrected chi connectivity index (χ0v) is 14.5. The summed E-state index contributed by atoms with van der Waals surface area (Å²) in [5.74, 6) is 0.218. The number of sulfone groups is 1. The first-order chi connectivity index (χ1) is 10.2. The minimum absolute atomic E-state index is 0.0505. The predicted molar refractivity (Wildman–Crippen MR) is 89.0 cm³/mol. The van der Waals surface area contributed by atoms with Crippen molar-refractivity contribution in [2.24, 2.45) is 0 Å². The van der Waals surface area contributed by atoms with Crippen LogP contribution < -0.4 is 4.90 Å². The number of anilines is 1. The van der Waals surface area contributed by atoms with Gasteiger partial charge in [-0.2, -0.15) is 0 Å². The Bertz CT molecular complexity index is 670. The van der Waals surface area contributed by atoms with Gasteiger partial charge in [0.15, 0.2) is 9.84 Å². The molecule has 1 heterocycles. The van der Waals surface area contributed by atoms with E-state index in [2.05, 4.69) is 6.07 Å². The van der Waals surface area contributed by atoms with Crippen LogP contribution in [0.15, 0.2) is 18.2 Å². The van der Waals surface area contributed by atoms with Gasteiger partial charge < -0.3 is 9.80 Å². The SMILES string of the molecule is Cc1ccc(C)c(N(C)CC(=O)N(C)[C@@H]2CCS(=O)(=O)C2)c1. The van der Waals surface area contributed by atoms with Gasteiger partial charge in [0.2, 0.25) is 5.91 Å². The van der Waals surface area contributed by atoms with Gasteiger partial charge in [0, 0.05) is 25.8 Å².